The molecule has 0 saturated carbocycles. The lowest BCUT2D eigenvalue weighted by Gasteiger charge is -2.12. The summed E-state index contributed by atoms with van der Waals surface area (Å²) in [6.07, 6.45) is 8.14. The lowest BCUT2D eigenvalue weighted by Crippen LogP contribution is -2.07. The molecule has 2 heterocycles. The van der Waals surface area contributed by atoms with Crippen LogP contribution in [0.1, 0.15) is 0 Å². The fourth-order valence-corrected chi connectivity index (χ4v) is 1.39. The second-order valence-electron chi connectivity index (χ2n) is 3.38. The Bertz CT molecular complexity index is 509. The number of hydrogen-bond acceptors (Lipinski definition) is 4. The molecule has 0 bridgehead atoms. The molecule has 0 aromatic carbocycles. The molecule has 0 fully saturated rings. The Hall–Kier alpha value is -2.76. The Kier molecular flexibility index (Phi) is 3.01. The first kappa shape index (κ1) is 11.7. The molecule has 6 nitrogen and oxygen atoms in total. The van der Waals surface area contributed by atoms with Gasteiger partial charge in [-0.2, -0.15) is 0 Å². The van der Waals surface area contributed by atoms with Gasteiger partial charge in [-0.25, -0.2) is 9.59 Å². The Labute approximate surface area is 101 Å². The normalized spacial score (nSPS) is 21.6. The highest BCUT2D eigenvalue weighted by atomic mass is 16.5. The zero-order valence-corrected chi connectivity index (χ0v) is 8.99. The summed E-state index contributed by atoms with van der Waals surface area (Å²) in [5.41, 5.74) is 1.05. The Morgan fingerprint density at radius 1 is 0.833 bits per heavy atom. The van der Waals surface area contributed by atoms with Crippen molar-refractivity contribution in [3.05, 3.63) is 59.5 Å². The number of aliphatic carboxylic acids is 2. The Morgan fingerprint density at radius 2 is 1.22 bits per heavy atom. The third-order valence-corrected chi connectivity index (χ3v) is 2.21. The van der Waals surface area contributed by atoms with E-state index in [2.05, 4.69) is 0 Å². The standard InChI is InChI=1S/C12H8O6/c13-11(14)9-5-7(1-3-17-9)8-2-4-18-10(6-8)12(15)16/h1-6H,(H,13,14)(H,15,16). The van der Waals surface area contributed by atoms with E-state index >= 15 is 0 Å². The van der Waals surface area contributed by atoms with E-state index in [0.717, 1.165) is 0 Å². The molecule has 0 radical (unpaired) electrons. The molecule has 0 spiro atoms. The average molecular weight is 248 g/mol. The minimum atomic E-state index is -1.20. The number of carboxylic acid groups (broad SMARTS) is 2. The molecule has 0 aromatic heterocycles. The topological polar surface area (TPSA) is 93.1 Å². The highest BCUT2D eigenvalue weighted by Gasteiger charge is 2.16. The van der Waals surface area contributed by atoms with Gasteiger partial charge in [-0.3, -0.25) is 0 Å². The fraction of sp³-hybridized carbons (Fsp3) is 0. The van der Waals surface area contributed by atoms with E-state index in [0.29, 0.717) is 11.1 Å². The van der Waals surface area contributed by atoms with E-state index < -0.39 is 11.9 Å². The number of ether oxygens (including phenoxy) is 2. The van der Waals surface area contributed by atoms with Crippen molar-refractivity contribution in [2.45, 2.75) is 0 Å². The maximum absolute atomic E-state index is 10.8. The van der Waals surface area contributed by atoms with E-state index in [-0.39, 0.29) is 11.5 Å². The highest BCUT2D eigenvalue weighted by Crippen LogP contribution is 2.22. The van der Waals surface area contributed by atoms with Crippen molar-refractivity contribution in [3.63, 3.8) is 0 Å². The fourth-order valence-electron chi connectivity index (χ4n) is 1.39. The maximum Gasteiger partial charge on any atom is 0.371 e. The molecular weight excluding hydrogens is 240 g/mol. The van der Waals surface area contributed by atoms with Crippen molar-refractivity contribution in [3.8, 4) is 0 Å². The van der Waals surface area contributed by atoms with E-state index in [4.69, 9.17) is 19.7 Å². The van der Waals surface area contributed by atoms with Crippen LogP contribution in [0.2, 0.25) is 0 Å². The molecule has 18 heavy (non-hydrogen) atoms. The number of allylic oxidation sites excluding steroid dienone is 6. The van der Waals surface area contributed by atoms with Crippen molar-refractivity contribution in [2.75, 3.05) is 0 Å². The van der Waals surface area contributed by atoms with Gasteiger partial charge in [0.15, 0.2) is 0 Å². The van der Waals surface area contributed by atoms with Gasteiger partial charge in [0, 0.05) is 0 Å². The molecular formula is C12H8O6. The van der Waals surface area contributed by atoms with Gasteiger partial charge in [-0.05, 0) is 35.5 Å². The molecule has 0 aromatic rings. The summed E-state index contributed by atoms with van der Waals surface area (Å²) in [5, 5.41) is 17.6. The van der Waals surface area contributed by atoms with Crippen LogP contribution < -0.4 is 0 Å². The molecule has 0 saturated heterocycles. The third kappa shape index (κ3) is 2.32. The van der Waals surface area contributed by atoms with Crippen molar-refractivity contribution in [2.24, 2.45) is 0 Å². The first-order valence-electron chi connectivity index (χ1n) is 4.88. The van der Waals surface area contributed by atoms with Crippen LogP contribution in [0.5, 0.6) is 0 Å². The van der Waals surface area contributed by atoms with E-state index in [1.807, 2.05) is 0 Å². The van der Waals surface area contributed by atoms with Gasteiger partial charge in [0.1, 0.15) is 0 Å². The van der Waals surface area contributed by atoms with Gasteiger partial charge >= 0.3 is 11.9 Å². The molecule has 0 amide bonds. The van der Waals surface area contributed by atoms with Gasteiger partial charge in [-0.15, -0.1) is 0 Å². The van der Waals surface area contributed by atoms with Crippen LogP contribution >= 0.6 is 0 Å². The Morgan fingerprint density at radius 3 is 1.56 bits per heavy atom. The number of carboxylic acids is 2. The summed E-state index contributed by atoms with van der Waals surface area (Å²) < 4.78 is 9.58. The summed E-state index contributed by atoms with van der Waals surface area (Å²) in [7, 11) is 0. The second-order valence-corrected chi connectivity index (χ2v) is 3.38. The van der Waals surface area contributed by atoms with E-state index in [1.54, 1.807) is 0 Å². The minimum absolute atomic E-state index is 0.231. The van der Waals surface area contributed by atoms with Crippen LogP contribution in [0.4, 0.5) is 0 Å². The predicted octanol–water partition coefficient (Wildman–Crippen LogP) is 1.31. The monoisotopic (exact) mass is 248 g/mol. The van der Waals surface area contributed by atoms with Gasteiger partial charge < -0.3 is 19.7 Å². The smallest absolute Gasteiger partial charge is 0.371 e. The first-order valence-corrected chi connectivity index (χ1v) is 4.88. The van der Waals surface area contributed by atoms with Crippen LogP contribution in [0.25, 0.3) is 0 Å². The molecule has 0 aliphatic carbocycles. The first-order chi connectivity index (χ1) is 8.58. The van der Waals surface area contributed by atoms with Crippen molar-refractivity contribution < 1.29 is 29.3 Å². The lowest BCUT2D eigenvalue weighted by molar-refractivity contribution is -0.136. The van der Waals surface area contributed by atoms with Crippen LogP contribution in [-0.4, -0.2) is 22.2 Å². The van der Waals surface area contributed by atoms with Crippen LogP contribution in [0.3, 0.4) is 0 Å². The van der Waals surface area contributed by atoms with Crippen LogP contribution in [0.15, 0.2) is 59.5 Å². The van der Waals surface area contributed by atoms with Crippen molar-refractivity contribution in [1.29, 1.82) is 0 Å². The molecule has 0 atom stereocenters. The van der Waals surface area contributed by atoms with Gasteiger partial charge in [-0.1, -0.05) is 0 Å². The number of hydrogen-bond donors (Lipinski definition) is 2. The molecule has 6 heteroatoms. The predicted molar refractivity (Wildman–Crippen MR) is 58.9 cm³/mol. The maximum atomic E-state index is 10.8. The van der Waals surface area contributed by atoms with Crippen molar-refractivity contribution >= 4 is 11.9 Å². The SMILES string of the molecule is O=C(O)C1=CC(=C2C=COC(C(=O)O)=C2)C=CO1. The lowest BCUT2D eigenvalue weighted by atomic mass is 10.0. The summed E-state index contributed by atoms with van der Waals surface area (Å²) in [6, 6.07) is 0. The van der Waals surface area contributed by atoms with E-state index in [9.17, 15) is 9.59 Å². The zero-order valence-electron chi connectivity index (χ0n) is 8.99. The van der Waals surface area contributed by atoms with Gasteiger partial charge in [0.05, 0.1) is 12.5 Å². The summed E-state index contributed by atoms with van der Waals surface area (Å²) in [4.78, 5) is 21.5. The average Bonchev–Trinajstić information content (AvgIpc) is 2.39. The van der Waals surface area contributed by atoms with Gasteiger partial charge in [0.2, 0.25) is 11.5 Å². The molecule has 2 rings (SSSR count). The third-order valence-electron chi connectivity index (χ3n) is 2.21. The minimum Gasteiger partial charge on any atom is -0.475 e. The molecule has 2 N–H and O–H groups in total. The summed E-state index contributed by atoms with van der Waals surface area (Å²) in [6.45, 7) is 0. The summed E-state index contributed by atoms with van der Waals surface area (Å²) in [5.74, 6) is -2.86. The largest absolute Gasteiger partial charge is 0.475 e. The van der Waals surface area contributed by atoms with Crippen LogP contribution in [0, 0.1) is 0 Å². The molecule has 2 aliphatic heterocycles. The quantitative estimate of drug-likeness (QED) is 0.765. The number of carbonyl (C=O) groups is 2. The van der Waals surface area contributed by atoms with Crippen LogP contribution in [-0.2, 0) is 19.1 Å². The molecule has 2 aliphatic rings. The van der Waals surface area contributed by atoms with Crippen molar-refractivity contribution in [1.82, 2.24) is 0 Å². The number of rotatable bonds is 2. The highest BCUT2D eigenvalue weighted by molar-refractivity contribution is 5.87. The molecule has 92 valence electrons. The van der Waals surface area contributed by atoms with E-state index in [1.165, 1.54) is 36.8 Å². The zero-order chi connectivity index (χ0) is 13.1. The molecule has 0 unspecified atom stereocenters. The summed E-state index contributed by atoms with van der Waals surface area (Å²) >= 11 is 0. The second kappa shape index (κ2) is 4.62. The Balaban J connectivity index is 2.42. The van der Waals surface area contributed by atoms with Gasteiger partial charge in [0.25, 0.3) is 0 Å².